The van der Waals surface area contributed by atoms with Crippen molar-refractivity contribution in [3.8, 4) is 11.5 Å². The SMILES string of the molecule is COc1cc2c(Nc3ccc4nc(NC(=O)Nc5ccccc5Cl)sc4c3)ncnc2cc1OCCCN1CCN(C)CC1. The normalized spacial score (nSPS) is 14.1. The minimum atomic E-state index is -0.421. The van der Waals surface area contributed by atoms with Crippen molar-refractivity contribution in [1.82, 2.24) is 24.8 Å². The summed E-state index contributed by atoms with van der Waals surface area (Å²) in [5.41, 5.74) is 2.84. The fourth-order valence-corrected chi connectivity index (χ4v) is 6.07. The lowest BCUT2D eigenvalue weighted by molar-refractivity contribution is 0.145. The molecule has 1 aliphatic rings. The lowest BCUT2D eigenvalue weighted by atomic mass is 10.2. The molecule has 6 rings (SSSR count). The number of nitrogens with one attached hydrogen (secondary N) is 3. The average Bonchev–Trinajstić information content (AvgIpc) is 3.42. The molecule has 0 spiro atoms. The van der Waals surface area contributed by atoms with Crippen molar-refractivity contribution in [3.05, 3.63) is 65.9 Å². The molecule has 3 N–H and O–H groups in total. The van der Waals surface area contributed by atoms with Crippen LogP contribution in [0.1, 0.15) is 6.42 Å². The summed E-state index contributed by atoms with van der Waals surface area (Å²) in [4.78, 5) is 30.9. The van der Waals surface area contributed by atoms with Gasteiger partial charge in [-0.1, -0.05) is 35.1 Å². The van der Waals surface area contributed by atoms with Gasteiger partial charge in [-0.2, -0.15) is 0 Å². The van der Waals surface area contributed by atoms with Gasteiger partial charge in [-0.05, 0) is 49.9 Å². The maximum absolute atomic E-state index is 12.5. The highest BCUT2D eigenvalue weighted by Crippen LogP contribution is 2.36. The molecular formula is C31H33ClN8O3S. The van der Waals surface area contributed by atoms with E-state index in [1.54, 1.807) is 31.4 Å². The highest BCUT2D eigenvalue weighted by molar-refractivity contribution is 7.22. The summed E-state index contributed by atoms with van der Waals surface area (Å²) >= 11 is 7.51. The van der Waals surface area contributed by atoms with Gasteiger partial charge in [0.05, 0.1) is 40.2 Å². The monoisotopic (exact) mass is 632 g/mol. The molecular weight excluding hydrogens is 600 g/mol. The van der Waals surface area contributed by atoms with Crippen molar-refractivity contribution in [2.75, 3.05) is 69.4 Å². The number of hydrogen-bond donors (Lipinski definition) is 3. The Morgan fingerprint density at radius 1 is 1.00 bits per heavy atom. The van der Waals surface area contributed by atoms with Gasteiger partial charge in [-0.3, -0.25) is 5.32 Å². The number of urea groups is 1. The van der Waals surface area contributed by atoms with Crippen LogP contribution in [0, 0.1) is 0 Å². The van der Waals surface area contributed by atoms with Crippen molar-refractivity contribution < 1.29 is 14.3 Å². The second kappa shape index (κ2) is 13.6. The molecule has 0 saturated carbocycles. The molecule has 1 aliphatic heterocycles. The number of ether oxygens (including phenoxy) is 2. The molecule has 13 heteroatoms. The molecule has 3 heterocycles. The minimum absolute atomic E-state index is 0.421. The summed E-state index contributed by atoms with van der Waals surface area (Å²) in [6.45, 7) is 6.01. The molecule has 44 heavy (non-hydrogen) atoms. The number of halogens is 1. The van der Waals surface area contributed by atoms with Crippen LogP contribution in [0.15, 0.2) is 60.9 Å². The predicted molar refractivity (Wildman–Crippen MR) is 177 cm³/mol. The van der Waals surface area contributed by atoms with Gasteiger partial charge in [-0.25, -0.2) is 19.7 Å². The number of nitrogens with zero attached hydrogens (tertiary/aromatic N) is 5. The topological polar surface area (TPSA) is 117 Å². The zero-order valence-electron chi connectivity index (χ0n) is 24.5. The second-order valence-corrected chi connectivity index (χ2v) is 11.9. The first-order valence-corrected chi connectivity index (χ1v) is 15.5. The van der Waals surface area contributed by atoms with E-state index in [9.17, 15) is 4.79 Å². The number of methoxy groups -OCH3 is 1. The molecule has 0 atom stereocenters. The minimum Gasteiger partial charge on any atom is -0.493 e. The van der Waals surface area contributed by atoms with Crippen LogP contribution in [-0.2, 0) is 0 Å². The van der Waals surface area contributed by atoms with Crippen LogP contribution in [0.5, 0.6) is 11.5 Å². The average molecular weight is 633 g/mol. The van der Waals surface area contributed by atoms with Crippen LogP contribution < -0.4 is 25.4 Å². The standard InChI is InChI=1S/C31H33ClN8O3S/c1-39-11-13-40(14-12-39)10-5-15-43-27-18-25-21(17-26(27)42-2)29(34-19-33-25)35-20-8-9-24-28(16-20)44-31(37-24)38-30(41)36-23-7-4-3-6-22(23)32/h3-4,6-9,16-19H,5,10-15H2,1-2H3,(H,33,34,35)(H2,36,37,38,41). The largest absolute Gasteiger partial charge is 0.493 e. The van der Waals surface area contributed by atoms with E-state index >= 15 is 0 Å². The van der Waals surface area contributed by atoms with Gasteiger partial charge in [0, 0.05) is 49.9 Å². The fourth-order valence-electron chi connectivity index (χ4n) is 4.98. The van der Waals surface area contributed by atoms with E-state index in [0.717, 1.165) is 66.0 Å². The van der Waals surface area contributed by atoms with Crippen LogP contribution in [-0.4, -0.2) is 84.3 Å². The third-order valence-electron chi connectivity index (χ3n) is 7.39. The Labute approximate surface area is 264 Å². The summed E-state index contributed by atoms with van der Waals surface area (Å²) in [6.07, 6.45) is 2.46. The Hall–Kier alpha value is -4.23. The number of thiazole rings is 1. The lowest BCUT2D eigenvalue weighted by Crippen LogP contribution is -2.44. The number of anilines is 4. The Balaban J connectivity index is 1.12. The molecule has 2 aromatic heterocycles. The summed E-state index contributed by atoms with van der Waals surface area (Å²) in [5, 5.41) is 10.7. The van der Waals surface area contributed by atoms with E-state index in [0.29, 0.717) is 39.8 Å². The van der Waals surface area contributed by atoms with Crippen molar-refractivity contribution in [2.45, 2.75) is 6.42 Å². The van der Waals surface area contributed by atoms with Crippen molar-refractivity contribution in [2.24, 2.45) is 0 Å². The van der Waals surface area contributed by atoms with Crippen LogP contribution in [0.3, 0.4) is 0 Å². The summed E-state index contributed by atoms with van der Waals surface area (Å²) in [7, 11) is 3.80. The summed E-state index contributed by atoms with van der Waals surface area (Å²) in [6, 6.07) is 16.2. The van der Waals surface area contributed by atoms with Gasteiger partial charge >= 0.3 is 6.03 Å². The Bertz CT molecular complexity index is 1780. The quantitative estimate of drug-likeness (QED) is 0.152. The Morgan fingerprint density at radius 2 is 1.84 bits per heavy atom. The molecule has 0 aliphatic carbocycles. The molecule has 3 aromatic carbocycles. The van der Waals surface area contributed by atoms with Crippen LogP contribution >= 0.6 is 22.9 Å². The molecule has 0 bridgehead atoms. The number of aromatic nitrogens is 3. The van der Waals surface area contributed by atoms with Crippen LogP contribution in [0.4, 0.5) is 27.1 Å². The second-order valence-electron chi connectivity index (χ2n) is 10.5. The molecule has 1 fully saturated rings. The molecule has 11 nitrogen and oxygen atoms in total. The highest BCUT2D eigenvalue weighted by atomic mass is 35.5. The maximum atomic E-state index is 12.5. The van der Waals surface area contributed by atoms with Gasteiger partial charge in [-0.15, -0.1) is 0 Å². The Morgan fingerprint density at radius 3 is 2.66 bits per heavy atom. The number of likely N-dealkylation sites (N-methyl/N-ethyl adjacent to an activating group) is 1. The van der Waals surface area contributed by atoms with E-state index in [-0.39, 0.29) is 0 Å². The van der Waals surface area contributed by atoms with Gasteiger partial charge in [0.15, 0.2) is 16.6 Å². The zero-order chi connectivity index (χ0) is 30.5. The number of piperazine rings is 1. The van der Waals surface area contributed by atoms with Crippen molar-refractivity contribution in [3.63, 3.8) is 0 Å². The molecule has 0 radical (unpaired) electrons. The van der Waals surface area contributed by atoms with Gasteiger partial charge in [0.25, 0.3) is 0 Å². The van der Waals surface area contributed by atoms with E-state index in [1.807, 2.05) is 30.3 Å². The van der Waals surface area contributed by atoms with Crippen LogP contribution in [0.2, 0.25) is 5.02 Å². The van der Waals surface area contributed by atoms with Crippen molar-refractivity contribution in [1.29, 1.82) is 0 Å². The van der Waals surface area contributed by atoms with Crippen LogP contribution in [0.25, 0.3) is 21.1 Å². The molecule has 228 valence electrons. The van der Waals surface area contributed by atoms with Gasteiger partial charge < -0.3 is 29.9 Å². The number of rotatable bonds is 10. The number of fused-ring (bicyclic) bond motifs is 2. The van der Waals surface area contributed by atoms with Crippen molar-refractivity contribution >= 4 is 72.4 Å². The molecule has 2 amide bonds. The van der Waals surface area contributed by atoms with E-state index < -0.39 is 6.03 Å². The molecule has 0 unspecified atom stereocenters. The lowest BCUT2D eigenvalue weighted by Gasteiger charge is -2.32. The first-order chi connectivity index (χ1) is 21.4. The highest BCUT2D eigenvalue weighted by Gasteiger charge is 2.16. The van der Waals surface area contributed by atoms with E-state index in [4.69, 9.17) is 21.1 Å². The number of para-hydroxylation sites is 1. The smallest absolute Gasteiger partial charge is 0.325 e. The number of carbonyl (C=O) groups excluding carboxylic acids is 1. The maximum Gasteiger partial charge on any atom is 0.325 e. The molecule has 1 saturated heterocycles. The third kappa shape index (κ3) is 7.11. The van der Waals surface area contributed by atoms with Gasteiger partial charge in [0.2, 0.25) is 0 Å². The number of amides is 2. The predicted octanol–water partition coefficient (Wildman–Crippen LogP) is 6.31. The third-order valence-corrected chi connectivity index (χ3v) is 8.65. The Kier molecular flexibility index (Phi) is 9.22. The van der Waals surface area contributed by atoms with E-state index in [2.05, 4.69) is 47.7 Å². The van der Waals surface area contributed by atoms with Gasteiger partial charge in [0.1, 0.15) is 12.1 Å². The summed E-state index contributed by atoms with van der Waals surface area (Å²) in [5.74, 6) is 1.92. The number of benzene rings is 3. The number of carbonyl (C=O) groups is 1. The first-order valence-electron chi connectivity index (χ1n) is 14.3. The summed E-state index contributed by atoms with van der Waals surface area (Å²) < 4.78 is 12.7. The fraction of sp³-hybridized carbons (Fsp3) is 0.290. The van der Waals surface area contributed by atoms with E-state index in [1.165, 1.54) is 17.7 Å². The first kappa shape index (κ1) is 29.8. The molecule has 5 aromatic rings. The number of hydrogen-bond acceptors (Lipinski definition) is 10. The zero-order valence-corrected chi connectivity index (χ0v) is 26.0.